The molecule has 0 unspecified atom stereocenters. The number of nitrogens with one attached hydrogen (secondary N) is 2. The highest BCUT2D eigenvalue weighted by Gasteiger charge is 2.24. The second kappa shape index (κ2) is 10.1. The molecule has 4 nitrogen and oxygen atoms in total. The highest BCUT2D eigenvalue weighted by Crippen LogP contribution is 2.09. The van der Waals surface area contributed by atoms with E-state index in [0.29, 0.717) is 19.5 Å². The lowest BCUT2D eigenvalue weighted by Gasteiger charge is -2.15. The summed E-state index contributed by atoms with van der Waals surface area (Å²) in [5.41, 5.74) is 4.01. The number of amides is 2. The lowest BCUT2D eigenvalue weighted by Crippen LogP contribution is -2.40. The van der Waals surface area contributed by atoms with Gasteiger partial charge in [0.1, 0.15) is 5.92 Å². The van der Waals surface area contributed by atoms with Crippen LogP contribution in [0.3, 0.4) is 0 Å². The van der Waals surface area contributed by atoms with E-state index in [2.05, 4.69) is 23.8 Å². The van der Waals surface area contributed by atoms with Crippen LogP contribution in [0.2, 0.25) is 0 Å². The predicted molar refractivity (Wildman–Crippen MR) is 111 cm³/mol. The molecule has 0 spiro atoms. The molecule has 27 heavy (non-hydrogen) atoms. The van der Waals surface area contributed by atoms with Crippen LogP contribution < -0.4 is 10.6 Å². The summed E-state index contributed by atoms with van der Waals surface area (Å²) in [6.45, 7) is 10.1. The molecule has 4 heteroatoms. The zero-order valence-corrected chi connectivity index (χ0v) is 15.7. The molecule has 0 aliphatic heterocycles. The van der Waals surface area contributed by atoms with Crippen LogP contribution in [0.25, 0.3) is 12.2 Å². The van der Waals surface area contributed by atoms with Crippen molar-refractivity contribution in [3.63, 3.8) is 0 Å². The summed E-state index contributed by atoms with van der Waals surface area (Å²) in [6, 6.07) is 15.5. The van der Waals surface area contributed by atoms with Gasteiger partial charge in [0.25, 0.3) is 0 Å². The Kier molecular flexibility index (Phi) is 7.56. The molecular formula is C23H26N2O2. The van der Waals surface area contributed by atoms with E-state index < -0.39 is 5.92 Å². The Morgan fingerprint density at radius 2 is 1.19 bits per heavy atom. The van der Waals surface area contributed by atoms with E-state index >= 15 is 0 Å². The lowest BCUT2D eigenvalue weighted by atomic mass is 10.0. The Hall–Kier alpha value is -3.14. The topological polar surface area (TPSA) is 58.2 Å². The van der Waals surface area contributed by atoms with E-state index in [1.54, 1.807) is 12.2 Å². The van der Waals surface area contributed by atoms with Crippen LogP contribution in [0.1, 0.15) is 35.6 Å². The largest absolute Gasteiger partial charge is 0.351 e. The first-order valence-corrected chi connectivity index (χ1v) is 9.05. The van der Waals surface area contributed by atoms with Crippen LogP contribution in [-0.2, 0) is 22.7 Å². The molecule has 2 aromatic carbocycles. The van der Waals surface area contributed by atoms with Gasteiger partial charge in [-0.05, 0) is 28.7 Å². The second-order valence-electron chi connectivity index (χ2n) is 6.29. The minimum Gasteiger partial charge on any atom is -0.351 e. The molecule has 0 heterocycles. The maximum absolute atomic E-state index is 12.4. The van der Waals surface area contributed by atoms with E-state index in [9.17, 15) is 9.59 Å². The van der Waals surface area contributed by atoms with Gasteiger partial charge >= 0.3 is 0 Å². The van der Waals surface area contributed by atoms with Crippen molar-refractivity contribution in [1.82, 2.24) is 10.6 Å². The molecule has 0 aromatic heterocycles. The van der Waals surface area contributed by atoms with Crippen molar-refractivity contribution in [1.29, 1.82) is 0 Å². The monoisotopic (exact) mass is 362 g/mol. The molecule has 0 saturated carbocycles. The van der Waals surface area contributed by atoms with Crippen molar-refractivity contribution in [3.8, 4) is 0 Å². The Bertz CT molecular complexity index is 725. The van der Waals surface area contributed by atoms with E-state index in [0.717, 1.165) is 22.3 Å². The molecule has 0 aliphatic carbocycles. The van der Waals surface area contributed by atoms with E-state index in [-0.39, 0.29) is 11.8 Å². The molecule has 140 valence electrons. The fourth-order valence-electron chi connectivity index (χ4n) is 2.66. The third-order valence-corrected chi connectivity index (χ3v) is 4.41. The zero-order chi connectivity index (χ0) is 19.6. The Labute approximate surface area is 161 Å². The smallest absolute Gasteiger partial charge is 0.232 e. The molecule has 2 rings (SSSR count). The van der Waals surface area contributed by atoms with Crippen LogP contribution in [0.4, 0.5) is 0 Å². The second-order valence-corrected chi connectivity index (χ2v) is 6.29. The summed E-state index contributed by atoms with van der Waals surface area (Å²) in [7, 11) is 0. The van der Waals surface area contributed by atoms with Gasteiger partial charge in [-0.15, -0.1) is 0 Å². The molecule has 0 atom stereocenters. The van der Waals surface area contributed by atoms with Gasteiger partial charge in [-0.1, -0.05) is 80.8 Å². The normalized spacial score (nSPS) is 10.3. The standard InChI is InChI=1S/C23H26N2O2/c1-4-17-7-11-19(12-8-17)15-24-22(26)21(6-3)23(27)25-16-20-13-9-18(5-2)10-14-20/h4-5,7-14,21H,1-2,6,15-16H2,3H3,(H,24,26)(H,25,27). The first-order chi connectivity index (χ1) is 13.1. The fraction of sp³-hybridized carbons (Fsp3) is 0.217. The van der Waals surface area contributed by atoms with Gasteiger partial charge in [0.2, 0.25) is 11.8 Å². The summed E-state index contributed by atoms with van der Waals surface area (Å²) < 4.78 is 0. The van der Waals surface area contributed by atoms with Gasteiger partial charge in [0, 0.05) is 13.1 Å². The summed E-state index contributed by atoms with van der Waals surface area (Å²) in [5.74, 6) is -1.22. The highest BCUT2D eigenvalue weighted by atomic mass is 16.2. The average molecular weight is 362 g/mol. The quantitative estimate of drug-likeness (QED) is 0.664. The number of benzene rings is 2. The minimum atomic E-state index is -0.704. The number of carbonyl (C=O) groups excluding carboxylic acids is 2. The summed E-state index contributed by atoms with van der Waals surface area (Å²) >= 11 is 0. The Morgan fingerprint density at radius 3 is 1.48 bits per heavy atom. The molecular weight excluding hydrogens is 336 g/mol. The summed E-state index contributed by atoms with van der Waals surface area (Å²) in [5, 5.41) is 5.69. The molecule has 0 aliphatic rings. The van der Waals surface area contributed by atoms with E-state index in [1.807, 2.05) is 55.5 Å². The molecule has 0 radical (unpaired) electrons. The fourth-order valence-corrected chi connectivity index (χ4v) is 2.66. The van der Waals surface area contributed by atoms with Crippen molar-refractivity contribution in [2.45, 2.75) is 26.4 Å². The number of carbonyl (C=O) groups is 2. The van der Waals surface area contributed by atoms with Crippen LogP contribution in [0.15, 0.2) is 61.7 Å². The van der Waals surface area contributed by atoms with Crippen LogP contribution in [0, 0.1) is 5.92 Å². The van der Waals surface area contributed by atoms with Crippen molar-refractivity contribution in [2.24, 2.45) is 5.92 Å². The van der Waals surface area contributed by atoms with E-state index in [1.165, 1.54) is 0 Å². The molecule has 2 amide bonds. The van der Waals surface area contributed by atoms with Gasteiger partial charge < -0.3 is 10.6 Å². The van der Waals surface area contributed by atoms with Crippen LogP contribution in [-0.4, -0.2) is 11.8 Å². The molecule has 2 aromatic rings. The summed E-state index contributed by atoms with van der Waals surface area (Å²) in [6.07, 6.45) is 3.98. The van der Waals surface area contributed by atoms with Crippen molar-refractivity contribution in [3.05, 3.63) is 83.9 Å². The molecule has 0 saturated heterocycles. The summed E-state index contributed by atoms with van der Waals surface area (Å²) in [4.78, 5) is 24.8. The lowest BCUT2D eigenvalue weighted by molar-refractivity contribution is -0.135. The number of rotatable bonds is 9. The average Bonchev–Trinajstić information content (AvgIpc) is 2.72. The highest BCUT2D eigenvalue weighted by molar-refractivity contribution is 6.00. The Balaban J connectivity index is 1.86. The van der Waals surface area contributed by atoms with Gasteiger partial charge in [-0.25, -0.2) is 0 Å². The van der Waals surface area contributed by atoms with Gasteiger partial charge in [0.15, 0.2) is 0 Å². The number of hydrogen-bond acceptors (Lipinski definition) is 2. The van der Waals surface area contributed by atoms with Gasteiger partial charge in [-0.2, -0.15) is 0 Å². The first kappa shape index (κ1) is 20.2. The van der Waals surface area contributed by atoms with Gasteiger partial charge in [0.05, 0.1) is 0 Å². The van der Waals surface area contributed by atoms with Crippen LogP contribution in [0.5, 0.6) is 0 Å². The SMILES string of the molecule is C=Cc1ccc(CNC(=O)C(CC)C(=O)NCc2ccc(C=C)cc2)cc1. The minimum absolute atomic E-state index is 0.259. The van der Waals surface area contributed by atoms with E-state index in [4.69, 9.17) is 0 Å². The molecule has 2 N–H and O–H groups in total. The first-order valence-electron chi connectivity index (χ1n) is 9.05. The van der Waals surface area contributed by atoms with Crippen molar-refractivity contribution < 1.29 is 9.59 Å². The Morgan fingerprint density at radius 1 is 0.815 bits per heavy atom. The van der Waals surface area contributed by atoms with Gasteiger partial charge in [-0.3, -0.25) is 9.59 Å². The van der Waals surface area contributed by atoms with Crippen LogP contribution >= 0.6 is 0 Å². The van der Waals surface area contributed by atoms with Crippen molar-refractivity contribution in [2.75, 3.05) is 0 Å². The molecule has 0 bridgehead atoms. The zero-order valence-electron chi connectivity index (χ0n) is 15.7. The number of hydrogen-bond donors (Lipinski definition) is 2. The maximum atomic E-state index is 12.4. The predicted octanol–water partition coefficient (Wildman–Crippen LogP) is 3.93. The van der Waals surface area contributed by atoms with Crippen molar-refractivity contribution >= 4 is 24.0 Å². The molecule has 0 fully saturated rings. The third kappa shape index (κ3) is 5.96. The third-order valence-electron chi connectivity index (χ3n) is 4.41. The maximum Gasteiger partial charge on any atom is 0.232 e.